The molecule has 0 aliphatic rings. The van der Waals surface area contributed by atoms with Gasteiger partial charge in [-0.2, -0.15) is 5.10 Å². The normalized spacial score (nSPS) is 11.5. The molecule has 0 bridgehead atoms. The highest BCUT2D eigenvalue weighted by molar-refractivity contribution is 6.38. The van der Waals surface area contributed by atoms with Crippen molar-refractivity contribution in [1.82, 2.24) is 9.78 Å². The third-order valence-electron chi connectivity index (χ3n) is 2.12. The van der Waals surface area contributed by atoms with Crippen molar-refractivity contribution in [1.29, 1.82) is 0 Å². The molecule has 14 heavy (non-hydrogen) atoms. The highest BCUT2D eigenvalue weighted by atomic mass is 35.5. The number of hydrogen-bond donors (Lipinski definition) is 0. The average molecular weight is 229 g/mol. The number of rotatable bonds is 1. The lowest BCUT2D eigenvalue weighted by atomic mass is 10.2. The Balaban J connectivity index is 2.86. The van der Waals surface area contributed by atoms with Crippen molar-refractivity contribution in [3.05, 3.63) is 28.4 Å². The van der Waals surface area contributed by atoms with Crippen molar-refractivity contribution in [2.24, 2.45) is 0 Å². The Bertz CT molecular complexity index is 474. The number of hydrogen-bond acceptors (Lipinski definition) is 1. The molecule has 2 aromatic rings. The lowest BCUT2D eigenvalue weighted by molar-refractivity contribution is 0.551. The zero-order valence-corrected chi connectivity index (χ0v) is 9.47. The summed E-state index contributed by atoms with van der Waals surface area (Å²) in [5, 5.41) is 6.36. The first-order valence-corrected chi connectivity index (χ1v) is 5.19. The van der Waals surface area contributed by atoms with Crippen molar-refractivity contribution in [2.45, 2.75) is 19.9 Å². The molecular formula is C10H10Cl2N2. The molecule has 4 heteroatoms. The molecule has 1 aromatic carbocycles. The summed E-state index contributed by atoms with van der Waals surface area (Å²) < 4.78 is 1.85. The third kappa shape index (κ3) is 1.39. The fourth-order valence-electron chi connectivity index (χ4n) is 1.49. The molecule has 0 radical (unpaired) electrons. The number of nitrogens with zero attached hydrogens (tertiary/aromatic N) is 2. The minimum atomic E-state index is 0.255. The number of para-hydroxylation sites is 1. The van der Waals surface area contributed by atoms with E-state index in [1.54, 1.807) is 0 Å². The van der Waals surface area contributed by atoms with Crippen LogP contribution in [-0.2, 0) is 0 Å². The van der Waals surface area contributed by atoms with Crippen LogP contribution < -0.4 is 0 Å². The Kier molecular flexibility index (Phi) is 2.41. The summed E-state index contributed by atoms with van der Waals surface area (Å²) in [5.74, 6) is 0. The van der Waals surface area contributed by atoms with Crippen LogP contribution in [0.3, 0.4) is 0 Å². The fourth-order valence-corrected chi connectivity index (χ4v) is 1.98. The van der Waals surface area contributed by atoms with E-state index in [1.165, 1.54) is 0 Å². The SMILES string of the molecule is CC(C)n1nc(Cl)c2cccc(Cl)c21. The largest absolute Gasteiger partial charge is 0.259 e. The van der Waals surface area contributed by atoms with Gasteiger partial charge in [0.25, 0.3) is 0 Å². The summed E-state index contributed by atoms with van der Waals surface area (Å²) in [7, 11) is 0. The molecule has 0 saturated carbocycles. The van der Waals surface area contributed by atoms with Gasteiger partial charge in [-0.05, 0) is 26.0 Å². The van der Waals surface area contributed by atoms with Gasteiger partial charge in [-0.25, -0.2) is 0 Å². The standard InChI is InChI=1S/C10H10Cl2N2/c1-6(2)14-9-7(10(12)13-14)4-3-5-8(9)11/h3-6H,1-2H3. The molecule has 1 aromatic heterocycles. The molecular weight excluding hydrogens is 219 g/mol. The molecule has 0 amide bonds. The van der Waals surface area contributed by atoms with Gasteiger partial charge in [-0.3, -0.25) is 4.68 Å². The van der Waals surface area contributed by atoms with Gasteiger partial charge < -0.3 is 0 Å². The molecule has 0 unspecified atom stereocenters. The van der Waals surface area contributed by atoms with E-state index in [2.05, 4.69) is 5.10 Å². The second kappa shape index (κ2) is 3.44. The topological polar surface area (TPSA) is 17.8 Å². The van der Waals surface area contributed by atoms with Crippen molar-refractivity contribution in [3.8, 4) is 0 Å². The van der Waals surface area contributed by atoms with E-state index in [9.17, 15) is 0 Å². The molecule has 0 aliphatic carbocycles. The molecule has 0 N–H and O–H groups in total. The molecule has 2 nitrogen and oxygen atoms in total. The molecule has 1 heterocycles. The van der Waals surface area contributed by atoms with E-state index in [1.807, 2.05) is 36.7 Å². The van der Waals surface area contributed by atoms with E-state index < -0.39 is 0 Å². The predicted molar refractivity (Wildman–Crippen MR) is 60.1 cm³/mol. The summed E-state index contributed by atoms with van der Waals surface area (Å²) >= 11 is 12.1. The van der Waals surface area contributed by atoms with Gasteiger partial charge >= 0.3 is 0 Å². The van der Waals surface area contributed by atoms with Crippen LogP contribution in [0.25, 0.3) is 10.9 Å². The molecule has 0 atom stereocenters. The number of aromatic nitrogens is 2. The zero-order valence-electron chi connectivity index (χ0n) is 7.96. The van der Waals surface area contributed by atoms with Gasteiger partial charge in [0, 0.05) is 11.4 Å². The van der Waals surface area contributed by atoms with Gasteiger partial charge in [0.1, 0.15) is 0 Å². The van der Waals surface area contributed by atoms with Gasteiger partial charge in [-0.15, -0.1) is 0 Å². The van der Waals surface area contributed by atoms with Crippen LogP contribution in [0.2, 0.25) is 10.2 Å². The van der Waals surface area contributed by atoms with Crippen molar-refractivity contribution in [3.63, 3.8) is 0 Å². The summed E-state index contributed by atoms with van der Waals surface area (Å²) in [6.07, 6.45) is 0. The Morgan fingerprint density at radius 3 is 2.64 bits per heavy atom. The maximum absolute atomic E-state index is 6.10. The minimum absolute atomic E-state index is 0.255. The van der Waals surface area contributed by atoms with Crippen LogP contribution in [0.5, 0.6) is 0 Å². The summed E-state index contributed by atoms with van der Waals surface area (Å²) in [4.78, 5) is 0. The number of halogens is 2. The molecule has 0 saturated heterocycles. The van der Waals surface area contributed by atoms with E-state index >= 15 is 0 Å². The van der Waals surface area contributed by atoms with Gasteiger partial charge in [-0.1, -0.05) is 29.3 Å². The number of benzene rings is 1. The second-order valence-corrected chi connectivity index (χ2v) is 4.23. The maximum Gasteiger partial charge on any atom is 0.158 e. The first-order chi connectivity index (χ1) is 6.61. The van der Waals surface area contributed by atoms with Crippen LogP contribution >= 0.6 is 23.2 Å². The molecule has 0 spiro atoms. The lowest BCUT2D eigenvalue weighted by Crippen LogP contribution is -2.02. The molecule has 74 valence electrons. The van der Waals surface area contributed by atoms with E-state index in [0.717, 1.165) is 10.9 Å². The fraction of sp³-hybridized carbons (Fsp3) is 0.300. The molecule has 0 aliphatic heterocycles. The summed E-state index contributed by atoms with van der Waals surface area (Å²) in [6.45, 7) is 4.10. The van der Waals surface area contributed by atoms with Crippen molar-refractivity contribution < 1.29 is 0 Å². The monoisotopic (exact) mass is 228 g/mol. The van der Waals surface area contributed by atoms with Crippen molar-refractivity contribution >= 4 is 34.1 Å². The average Bonchev–Trinajstić information content (AvgIpc) is 2.46. The van der Waals surface area contributed by atoms with Crippen LogP contribution in [0, 0.1) is 0 Å². The lowest BCUT2D eigenvalue weighted by Gasteiger charge is -2.07. The molecule has 0 fully saturated rings. The Morgan fingerprint density at radius 1 is 1.29 bits per heavy atom. The summed E-state index contributed by atoms with van der Waals surface area (Å²) in [5.41, 5.74) is 0.911. The first-order valence-electron chi connectivity index (χ1n) is 4.43. The van der Waals surface area contributed by atoms with Crippen LogP contribution in [-0.4, -0.2) is 9.78 Å². The third-order valence-corrected chi connectivity index (χ3v) is 2.71. The molecule has 2 rings (SSSR count). The Hall–Kier alpha value is -0.730. The van der Waals surface area contributed by atoms with E-state index in [0.29, 0.717) is 10.2 Å². The Labute approximate surface area is 92.4 Å². The van der Waals surface area contributed by atoms with E-state index in [4.69, 9.17) is 23.2 Å². The minimum Gasteiger partial charge on any atom is -0.259 e. The van der Waals surface area contributed by atoms with Crippen LogP contribution in [0.1, 0.15) is 19.9 Å². The smallest absolute Gasteiger partial charge is 0.158 e. The number of fused-ring (bicyclic) bond motifs is 1. The van der Waals surface area contributed by atoms with Gasteiger partial charge in [0.2, 0.25) is 0 Å². The second-order valence-electron chi connectivity index (χ2n) is 3.47. The Morgan fingerprint density at radius 2 is 2.00 bits per heavy atom. The summed E-state index contributed by atoms with van der Waals surface area (Å²) in [6, 6.07) is 5.91. The highest BCUT2D eigenvalue weighted by Gasteiger charge is 2.12. The van der Waals surface area contributed by atoms with Gasteiger partial charge in [0.05, 0.1) is 10.5 Å². The predicted octanol–water partition coefficient (Wildman–Crippen LogP) is 3.92. The van der Waals surface area contributed by atoms with E-state index in [-0.39, 0.29) is 6.04 Å². The first kappa shape index (κ1) is 9.81. The zero-order chi connectivity index (χ0) is 10.3. The van der Waals surface area contributed by atoms with Crippen LogP contribution in [0.15, 0.2) is 18.2 Å². The van der Waals surface area contributed by atoms with Crippen molar-refractivity contribution in [2.75, 3.05) is 0 Å². The highest BCUT2D eigenvalue weighted by Crippen LogP contribution is 2.30. The van der Waals surface area contributed by atoms with Crippen LogP contribution in [0.4, 0.5) is 0 Å². The maximum atomic E-state index is 6.10. The van der Waals surface area contributed by atoms with Gasteiger partial charge in [0.15, 0.2) is 5.15 Å². The quantitative estimate of drug-likeness (QED) is 0.724.